The van der Waals surface area contributed by atoms with E-state index in [1.165, 1.54) is 19.3 Å². The molecule has 6 nitrogen and oxygen atoms in total. The van der Waals surface area contributed by atoms with Crippen LogP contribution >= 0.6 is 11.6 Å². The molecule has 0 saturated carbocycles. The van der Waals surface area contributed by atoms with Gasteiger partial charge in [0, 0.05) is 16.7 Å². The van der Waals surface area contributed by atoms with Crippen molar-refractivity contribution in [3.63, 3.8) is 0 Å². The smallest absolute Gasteiger partial charge is 0.269 e. The summed E-state index contributed by atoms with van der Waals surface area (Å²) in [6.45, 7) is 2.33. The Balaban J connectivity index is 1.95. The number of hydrogen-bond donors (Lipinski definition) is 2. The summed E-state index contributed by atoms with van der Waals surface area (Å²) < 4.78 is 10.6. The highest BCUT2D eigenvalue weighted by atomic mass is 35.5. The number of benzene rings is 2. The summed E-state index contributed by atoms with van der Waals surface area (Å²) in [4.78, 5) is 24.0. The van der Waals surface area contributed by atoms with E-state index in [-0.39, 0.29) is 0 Å². The highest BCUT2D eigenvalue weighted by Crippen LogP contribution is 2.27. The van der Waals surface area contributed by atoms with Crippen LogP contribution in [0.3, 0.4) is 0 Å². The number of methoxy groups -OCH3 is 1. The summed E-state index contributed by atoms with van der Waals surface area (Å²) in [5, 5.41) is 0.530. The molecule has 2 aromatic rings. The second kappa shape index (κ2) is 9.48. The van der Waals surface area contributed by atoms with Crippen molar-refractivity contribution < 1.29 is 19.1 Å². The molecule has 0 heterocycles. The molecule has 0 bridgehead atoms. The number of amides is 2. The lowest BCUT2D eigenvalue weighted by Crippen LogP contribution is -2.40. The van der Waals surface area contributed by atoms with E-state index in [0.29, 0.717) is 34.3 Å². The zero-order chi connectivity index (χ0) is 18.9. The van der Waals surface area contributed by atoms with Crippen LogP contribution in [-0.2, 0) is 4.79 Å². The minimum absolute atomic E-state index is 0.320. The number of hydrazine groups is 1. The van der Waals surface area contributed by atoms with Crippen molar-refractivity contribution in [3.05, 3.63) is 64.7 Å². The van der Waals surface area contributed by atoms with E-state index in [0.717, 1.165) is 0 Å². The monoisotopic (exact) mass is 374 g/mol. The Bertz CT molecular complexity index is 821. The van der Waals surface area contributed by atoms with Crippen molar-refractivity contribution in [3.8, 4) is 11.5 Å². The Hall–Kier alpha value is -2.99. The van der Waals surface area contributed by atoms with Crippen LogP contribution in [0.2, 0.25) is 5.02 Å². The highest BCUT2D eigenvalue weighted by Gasteiger charge is 2.11. The normalized spacial score (nSPS) is 10.4. The van der Waals surface area contributed by atoms with Gasteiger partial charge in [0.1, 0.15) is 0 Å². The molecule has 0 unspecified atom stereocenters. The Labute approximate surface area is 156 Å². The molecule has 26 heavy (non-hydrogen) atoms. The van der Waals surface area contributed by atoms with Crippen molar-refractivity contribution in [2.24, 2.45) is 0 Å². The fourth-order valence-electron chi connectivity index (χ4n) is 2.09. The van der Waals surface area contributed by atoms with Gasteiger partial charge in [-0.15, -0.1) is 0 Å². The van der Waals surface area contributed by atoms with Gasteiger partial charge in [-0.2, -0.15) is 0 Å². The zero-order valence-electron chi connectivity index (χ0n) is 14.4. The molecule has 0 spiro atoms. The molecular formula is C19H19ClN2O4. The summed E-state index contributed by atoms with van der Waals surface area (Å²) >= 11 is 6.00. The maximum Gasteiger partial charge on any atom is 0.269 e. The standard InChI is InChI=1S/C19H19ClN2O4/c1-3-26-16-10-8-14(12-17(16)25-2)19(24)22-21-18(23)11-9-13-6-4-5-7-15(13)20/h4-12H,3H2,1-2H3,(H,21,23)(H,22,24)/b11-9+. The first kappa shape index (κ1) is 19.3. The maximum atomic E-state index is 12.1. The van der Waals surface area contributed by atoms with Crippen molar-refractivity contribution in [2.75, 3.05) is 13.7 Å². The fraction of sp³-hybridized carbons (Fsp3) is 0.158. The third-order valence-electron chi connectivity index (χ3n) is 3.34. The maximum absolute atomic E-state index is 12.1. The second-order valence-corrected chi connectivity index (χ2v) is 5.50. The van der Waals surface area contributed by atoms with Gasteiger partial charge in [-0.25, -0.2) is 0 Å². The molecule has 2 N–H and O–H groups in total. The third kappa shape index (κ3) is 5.26. The largest absolute Gasteiger partial charge is 0.493 e. The van der Waals surface area contributed by atoms with Gasteiger partial charge < -0.3 is 9.47 Å². The molecule has 7 heteroatoms. The highest BCUT2D eigenvalue weighted by molar-refractivity contribution is 6.32. The number of halogens is 1. The fourth-order valence-corrected chi connectivity index (χ4v) is 2.29. The molecule has 0 aliphatic carbocycles. The molecule has 2 amide bonds. The average Bonchev–Trinajstić information content (AvgIpc) is 2.66. The Morgan fingerprint density at radius 3 is 2.58 bits per heavy atom. The van der Waals surface area contributed by atoms with Gasteiger partial charge in [0.15, 0.2) is 11.5 Å². The number of hydrogen-bond acceptors (Lipinski definition) is 4. The first-order valence-electron chi connectivity index (χ1n) is 7.89. The lowest BCUT2D eigenvalue weighted by atomic mass is 10.2. The lowest BCUT2D eigenvalue weighted by Gasteiger charge is -2.11. The molecule has 2 rings (SSSR count). The number of nitrogens with one attached hydrogen (secondary N) is 2. The lowest BCUT2D eigenvalue weighted by molar-refractivity contribution is -0.117. The third-order valence-corrected chi connectivity index (χ3v) is 3.69. The quantitative estimate of drug-likeness (QED) is 0.601. The van der Waals surface area contributed by atoms with Crippen molar-refractivity contribution in [2.45, 2.75) is 6.92 Å². The van der Waals surface area contributed by atoms with Crippen molar-refractivity contribution in [1.29, 1.82) is 0 Å². The van der Waals surface area contributed by atoms with Crippen molar-refractivity contribution in [1.82, 2.24) is 10.9 Å². The summed E-state index contributed by atoms with van der Waals surface area (Å²) in [7, 11) is 1.49. The van der Waals surface area contributed by atoms with E-state index in [9.17, 15) is 9.59 Å². The van der Waals surface area contributed by atoms with Crippen LogP contribution in [0.4, 0.5) is 0 Å². The van der Waals surface area contributed by atoms with Gasteiger partial charge in [0.05, 0.1) is 13.7 Å². The zero-order valence-corrected chi connectivity index (χ0v) is 15.2. The van der Waals surface area contributed by atoms with E-state index in [4.69, 9.17) is 21.1 Å². The molecular weight excluding hydrogens is 356 g/mol. The van der Waals surface area contributed by atoms with Crippen LogP contribution in [0.5, 0.6) is 11.5 Å². The van der Waals surface area contributed by atoms with Gasteiger partial charge in [-0.3, -0.25) is 20.4 Å². The Kier molecular flexibility index (Phi) is 7.05. The van der Waals surface area contributed by atoms with Crippen LogP contribution in [0, 0.1) is 0 Å². The molecule has 0 atom stereocenters. The molecule has 136 valence electrons. The molecule has 0 fully saturated rings. The van der Waals surface area contributed by atoms with Crippen LogP contribution < -0.4 is 20.3 Å². The minimum atomic E-state index is -0.490. The molecule has 0 radical (unpaired) electrons. The summed E-state index contributed by atoms with van der Waals surface area (Å²) in [6.07, 6.45) is 2.84. The molecule has 2 aromatic carbocycles. The topological polar surface area (TPSA) is 76.7 Å². The summed E-state index contributed by atoms with van der Waals surface area (Å²) in [5.41, 5.74) is 5.66. The first-order chi connectivity index (χ1) is 12.5. The number of rotatable bonds is 6. The number of ether oxygens (including phenoxy) is 2. The van der Waals surface area contributed by atoms with Gasteiger partial charge in [0.2, 0.25) is 0 Å². The second-order valence-electron chi connectivity index (χ2n) is 5.10. The molecule has 0 aliphatic heterocycles. The van der Waals surface area contributed by atoms with E-state index < -0.39 is 11.8 Å². The average molecular weight is 375 g/mol. The predicted molar refractivity (Wildman–Crippen MR) is 100 cm³/mol. The number of carbonyl (C=O) groups excluding carboxylic acids is 2. The van der Waals surface area contributed by atoms with Gasteiger partial charge >= 0.3 is 0 Å². The van der Waals surface area contributed by atoms with E-state index in [2.05, 4.69) is 10.9 Å². The van der Waals surface area contributed by atoms with Crippen LogP contribution in [-0.4, -0.2) is 25.5 Å². The minimum Gasteiger partial charge on any atom is -0.493 e. The van der Waals surface area contributed by atoms with Crippen molar-refractivity contribution >= 4 is 29.5 Å². The SMILES string of the molecule is CCOc1ccc(C(=O)NNC(=O)/C=C/c2ccccc2Cl)cc1OC. The van der Waals surface area contributed by atoms with E-state index >= 15 is 0 Å². The van der Waals surface area contributed by atoms with E-state index in [1.54, 1.807) is 36.4 Å². The Morgan fingerprint density at radius 2 is 1.88 bits per heavy atom. The van der Waals surface area contributed by atoms with Gasteiger partial charge in [0.25, 0.3) is 11.8 Å². The number of carbonyl (C=O) groups is 2. The van der Waals surface area contributed by atoms with E-state index in [1.807, 2.05) is 13.0 Å². The summed E-state index contributed by atoms with van der Waals surface area (Å²) in [6, 6.07) is 11.9. The van der Waals surface area contributed by atoms with Crippen LogP contribution in [0.15, 0.2) is 48.5 Å². The molecule has 0 aliphatic rings. The first-order valence-corrected chi connectivity index (χ1v) is 8.26. The molecule has 0 aromatic heterocycles. The van der Waals surface area contributed by atoms with Gasteiger partial charge in [-0.1, -0.05) is 29.8 Å². The van der Waals surface area contributed by atoms with Gasteiger partial charge in [-0.05, 0) is 42.8 Å². The van der Waals surface area contributed by atoms with Crippen LogP contribution in [0.25, 0.3) is 6.08 Å². The molecule has 0 saturated heterocycles. The van der Waals surface area contributed by atoms with Crippen LogP contribution in [0.1, 0.15) is 22.8 Å². The predicted octanol–water partition coefficient (Wildman–Crippen LogP) is 3.22. The Morgan fingerprint density at radius 1 is 1.12 bits per heavy atom. The summed E-state index contributed by atoms with van der Waals surface area (Å²) in [5.74, 6) is 0.00436.